The van der Waals surface area contributed by atoms with Crippen molar-refractivity contribution in [3.8, 4) is 5.75 Å². The predicted octanol–water partition coefficient (Wildman–Crippen LogP) is 2.54. The highest BCUT2D eigenvalue weighted by Gasteiger charge is 2.69. The van der Waals surface area contributed by atoms with Crippen molar-refractivity contribution in [3.05, 3.63) is 72.8 Å². The third-order valence-corrected chi connectivity index (χ3v) is 5.01. The molecule has 3 aliphatic heterocycles. The first kappa shape index (κ1) is 14.4. The molecule has 5 rings (SSSR count). The van der Waals surface area contributed by atoms with E-state index in [9.17, 15) is 9.59 Å². The van der Waals surface area contributed by atoms with Crippen LogP contribution in [0.15, 0.2) is 72.8 Å². The number of nitrogens with zero attached hydrogens (tertiary/aromatic N) is 1. The molecule has 5 nitrogen and oxygen atoms in total. The van der Waals surface area contributed by atoms with Gasteiger partial charge in [-0.25, -0.2) is 4.90 Å². The minimum absolute atomic E-state index is 0.228. The summed E-state index contributed by atoms with van der Waals surface area (Å²) in [6.07, 6.45) is 3.16. The van der Waals surface area contributed by atoms with E-state index < -0.39 is 23.7 Å². The van der Waals surface area contributed by atoms with E-state index in [0.29, 0.717) is 11.4 Å². The number of rotatable bonds is 3. The first-order valence-corrected chi connectivity index (χ1v) is 8.24. The summed E-state index contributed by atoms with van der Waals surface area (Å²) < 4.78 is 12.0. The minimum atomic E-state index is -1.22. The van der Waals surface area contributed by atoms with Gasteiger partial charge in [0.2, 0.25) is 17.6 Å². The quantitative estimate of drug-likeness (QED) is 0.640. The van der Waals surface area contributed by atoms with Crippen LogP contribution >= 0.6 is 0 Å². The number of ether oxygens (including phenoxy) is 2. The maximum absolute atomic E-state index is 13.1. The molecule has 5 heteroatoms. The van der Waals surface area contributed by atoms with Crippen molar-refractivity contribution >= 4 is 17.5 Å². The molecule has 124 valence electrons. The molecule has 25 heavy (non-hydrogen) atoms. The van der Waals surface area contributed by atoms with Crippen LogP contribution in [-0.4, -0.2) is 23.7 Å². The smallest absolute Gasteiger partial charge is 0.244 e. The zero-order chi connectivity index (χ0) is 17.0. The Bertz CT molecular complexity index is 879. The number of hydrogen-bond acceptors (Lipinski definition) is 4. The molecule has 2 fully saturated rings. The number of hydrogen-bond donors (Lipinski definition) is 0. The molecule has 2 aromatic carbocycles. The number of anilines is 1. The Kier molecular flexibility index (Phi) is 2.91. The molecule has 0 aliphatic carbocycles. The number of fused-ring (bicyclic) bond motifs is 5. The summed E-state index contributed by atoms with van der Waals surface area (Å²) in [6.45, 7) is 0. The highest BCUT2D eigenvalue weighted by molar-refractivity contribution is 6.23. The Hall–Kier alpha value is -2.92. The monoisotopic (exact) mass is 333 g/mol. The minimum Gasteiger partial charge on any atom is -0.458 e. The SMILES string of the molecule is O=C1[C@H]2[C@@H](C(=O)N1c1ccccc1)[C@]1(Oc3ccccc3)C=C[C@H]2O1. The number of imide groups is 1. The predicted molar refractivity (Wildman–Crippen MR) is 89.7 cm³/mol. The average molecular weight is 333 g/mol. The summed E-state index contributed by atoms with van der Waals surface area (Å²) in [5, 5.41) is 0. The fourth-order valence-corrected chi connectivity index (χ4v) is 3.96. The Balaban J connectivity index is 1.54. The first-order valence-electron chi connectivity index (χ1n) is 8.24. The summed E-state index contributed by atoms with van der Waals surface area (Å²) in [4.78, 5) is 27.3. The third kappa shape index (κ3) is 1.93. The van der Waals surface area contributed by atoms with Gasteiger partial charge in [0, 0.05) is 0 Å². The molecular formula is C20H15NO4. The molecule has 2 aromatic rings. The van der Waals surface area contributed by atoms with E-state index in [1.54, 1.807) is 18.2 Å². The van der Waals surface area contributed by atoms with Crippen LogP contribution in [0.1, 0.15) is 0 Å². The lowest BCUT2D eigenvalue weighted by atomic mass is 9.83. The third-order valence-electron chi connectivity index (χ3n) is 5.01. The van der Waals surface area contributed by atoms with Gasteiger partial charge in [0.05, 0.1) is 17.7 Å². The van der Waals surface area contributed by atoms with Crippen LogP contribution in [0.2, 0.25) is 0 Å². The molecule has 2 bridgehead atoms. The van der Waals surface area contributed by atoms with Gasteiger partial charge in [0.1, 0.15) is 11.7 Å². The number of carbonyl (C=O) groups is 2. The largest absolute Gasteiger partial charge is 0.458 e. The lowest BCUT2D eigenvalue weighted by Crippen LogP contribution is -2.45. The van der Waals surface area contributed by atoms with Crippen LogP contribution in [0, 0.1) is 11.8 Å². The highest BCUT2D eigenvalue weighted by atomic mass is 16.7. The van der Waals surface area contributed by atoms with E-state index in [1.165, 1.54) is 4.90 Å². The fourth-order valence-electron chi connectivity index (χ4n) is 3.96. The standard InChI is InChI=1S/C20H15NO4/c22-18-16-15-11-12-20(25-15,24-14-9-5-2-6-10-14)17(16)19(23)21(18)13-7-3-1-4-8-13/h1-12,15-17H/t15-,16-,17+,20+/m1/s1. The number of benzene rings is 2. The summed E-state index contributed by atoms with van der Waals surface area (Å²) in [5.74, 6) is -2.32. The van der Waals surface area contributed by atoms with Gasteiger partial charge in [-0.05, 0) is 30.3 Å². The molecule has 4 atom stereocenters. The summed E-state index contributed by atoms with van der Waals surface area (Å²) in [6, 6.07) is 18.2. The van der Waals surface area contributed by atoms with Gasteiger partial charge >= 0.3 is 0 Å². The van der Waals surface area contributed by atoms with Crippen molar-refractivity contribution in [1.29, 1.82) is 0 Å². The van der Waals surface area contributed by atoms with Crippen LogP contribution in [0.4, 0.5) is 5.69 Å². The van der Waals surface area contributed by atoms with Gasteiger partial charge in [-0.1, -0.05) is 42.5 Å². The first-order chi connectivity index (χ1) is 12.2. The van der Waals surface area contributed by atoms with Crippen molar-refractivity contribution < 1.29 is 19.1 Å². The number of carbonyl (C=O) groups excluding carboxylic acids is 2. The van der Waals surface area contributed by atoms with Crippen molar-refractivity contribution in [2.24, 2.45) is 11.8 Å². The lowest BCUT2D eigenvalue weighted by molar-refractivity contribution is -0.151. The lowest BCUT2D eigenvalue weighted by Gasteiger charge is -2.29. The summed E-state index contributed by atoms with van der Waals surface area (Å²) in [5.41, 5.74) is 0.584. The molecule has 3 heterocycles. The Morgan fingerprint density at radius 3 is 2.32 bits per heavy atom. The topological polar surface area (TPSA) is 55.8 Å². The molecule has 3 aliphatic rings. The molecule has 0 radical (unpaired) electrons. The molecule has 0 aromatic heterocycles. The van der Waals surface area contributed by atoms with E-state index >= 15 is 0 Å². The highest BCUT2D eigenvalue weighted by Crippen LogP contribution is 2.52. The van der Waals surface area contributed by atoms with Crippen LogP contribution in [-0.2, 0) is 14.3 Å². The van der Waals surface area contributed by atoms with Gasteiger partial charge in [-0.3, -0.25) is 9.59 Å². The molecular weight excluding hydrogens is 318 g/mol. The molecule has 2 amide bonds. The van der Waals surface area contributed by atoms with E-state index in [4.69, 9.17) is 9.47 Å². The molecule has 2 saturated heterocycles. The molecule has 0 unspecified atom stereocenters. The second-order valence-corrected chi connectivity index (χ2v) is 6.43. The van der Waals surface area contributed by atoms with Crippen LogP contribution in [0.5, 0.6) is 5.75 Å². The Morgan fingerprint density at radius 2 is 1.60 bits per heavy atom. The zero-order valence-electron chi connectivity index (χ0n) is 13.2. The maximum Gasteiger partial charge on any atom is 0.244 e. The van der Waals surface area contributed by atoms with Gasteiger partial charge < -0.3 is 9.47 Å². The molecule has 0 saturated carbocycles. The van der Waals surface area contributed by atoms with Gasteiger partial charge in [0.15, 0.2) is 0 Å². The van der Waals surface area contributed by atoms with Crippen molar-refractivity contribution in [1.82, 2.24) is 0 Å². The molecule has 0 spiro atoms. The van der Waals surface area contributed by atoms with E-state index in [1.807, 2.05) is 54.6 Å². The van der Waals surface area contributed by atoms with Crippen LogP contribution < -0.4 is 9.64 Å². The van der Waals surface area contributed by atoms with Crippen molar-refractivity contribution in [2.75, 3.05) is 4.90 Å². The fraction of sp³-hybridized carbons (Fsp3) is 0.200. The Morgan fingerprint density at radius 1 is 0.920 bits per heavy atom. The van der Waals surface area contributed by atoms with Gasteiger partial charge in [0.25, 0.3) is 0 Å². The average Bonchev–Trinajstić information content (AvgIpc) is 3.27. The van der Waals surface area contributed by atoms with Gasteiger partial charge in [-0.2, -0.15) is 0 Å². The Labute approximate surface area is 144 Å². The number of para-hydroxylation sites is 2. The normalized spacial score (nSPS) is 32.3. The van der Waals surface area contributed by atoms with E-state index in [2.05, 4.69) is 0 Å². The zero-order valence-corrected chi connectivity index (χ0v) is 13.2. The van der Waals surface area contributed by atoms with E-state index in [0.717, 1.165) is 0 Å². The van der Waals surface area contributed by atoms with E-state index in [-0.39, 0.29) is 11.8 Å². The maximum atomic E-state index is 13.1. The van der Waals surface area contributed by atoms with Crippen LogP contribution in [0.25, 0.3) is 0 Å². The summed E-state index contributed by atoms with van der Waals surface area (Å²) >= 11 is 0. The van der Waals surface area contributed by atoms with Crippen molar-refractivity contribution in [2.45, 2.75) is 11.9 Å². The van der Waals surface area contributed by atoms with Crippen molar-refractivity contribution in [3.63, 3.8) is 0 Å². The second kappa shape index (κ2) is 5.04. The molecule has 0 N–H and O–H groups in total. The number of amides is 2. The second-order valence-electron chi connectivity index (χ2n) is 6.43. The van der Waals surface area contributed by atoms with Crippen LogP contribution in [0.3, 0.4) is 0 Å². The summed E-state index contributed by atoms with van der Waals surface area (Å²) in [7, 11) is 0. The van der Waals surface area contributed by atoms with Gasteiger partial charge in [-0.15, -0.1) is 0 Å².